The zero-order chi connectivity index (χ0) is 8.85. The van der Waals surface area contributed by atoms with Crippen LogP contribution < -0.4 is 5.73 Å². The Balaban J connectivity index is 3.91. The van der Waals surface area contributed by atoms with Crippen molar-refractivity contribution in [2.24, 2.45) is 5.73 Å². The number of hydrogen-bond acceptors (Lipinski definition) is 6. The van der Waals surface area contributed by atoms with Crippen molar-refractivity contribution in [3.63, 3.8) is 0 Å². The van der Waals surface area contributed by atoms with Crippen LogP contribution in [0.15, 0.2) is 0 Å². The zero-order valence-corrected chi connectivity index (χ0v) is 5.88. The number of hydrogen-bond donors (Lipinski definition) is 3. The Labute approximate surface area is 63.1 Å². The van der Waals surface area contributed by atoms with Gasteiger partial charge in [-0.15, -0.1) is 5.06 Å². The molecule has 0 saturated carbocycles. The second-order valence-corrected chi connectivity index (χ2v) is 1.89. The third-order valence-corrected chi connectivity index (χ3v) is 1.13. The molecule has 0 aromatic heterocycles. The van der Waals surface area contributed by atoms with Crippen molar-refractivity contribution in [3.05, 3.63) is 10.1 Å². The maximum Gasteiger partial charge on any atom is 0.301 e. The van der Waals surface area contributed by atoms with E-state index in [1.165, 1.54) is 0 Å². The molecule has 0 amide bonds. The SMILES string of the molecule is NCC(N(O)CCO)[N+](=O)[O-]. The Kier molecular flexibility index (Phi) is 4.62. The van der Waals surface area contributed by atoms with E-state index in [1.54, 1.807) is 0 Å². The highest BCUT2D eigenvalue weighted by atomic mass is 16.6. The van der Waals surface area contributed by atoms with Gasteiger partial charge in [0, 0.05) is 4.92 Å². The maximum absolute atomic E-state index is 10.1. The van der Waals surface area contributed by atoms with Crippen LogP contribution in [0.1, 0.15) is 0 Å². The molecule has 7 heteroatoms. The largest absolute Gasteiger partial charge is 0.395 e. The highest BCUT2D eigenvalue weighted by Crippen LogP contribution is 1.93. The maximum atomic E-state index is 10.1. The number of rotatable bonds is 5. The van der Waals surface area contributed by atoms with Crippen LogP contribution in [0.4, 0.5) is 0 Å². The molecule has 0 aliphatic heterocycles. The van der Waals surface area contributed by atoms with Crippen LogP contribution in [0, 0.1) is 10.1 Å². The Bertz CT molecular complexity index is 131. The van der Waals surface area contributed by atoms with E-state index in [2.05, 4.69) is 0 Å². The van der Waals surface area contributed by atoms with Crippen molar-refractivity contribution < 1.29 is 15.2 Å². The van der Waals surface area contributed by atoms with E-state index in [0.717, 1.165) is 0 Å². The van der Waals surface area contributed by atoms with Gasteiger partial charge in [-0.1, -0.05) is 0 Å². The molecule has 66 valence electrons. The van der Waals surface area contributed by atoms with E-state index in [1.807, 2.05) is 0 Å². The van der Waals surface area contributed by atoms with Gasteiger partial charge in [0.25, 0.3) is 0 Å². The van der Waals surface area contributed by atoms with Crippen molar-refractivity contribution in [2.75, 3.05) is 19.7 Å². The van der Waals surface area contributed by atoms with Gasteiger partial charge >= 0.3 is 6.17 Å². The molecule has 0 aromatic carbocycles. The molecule has 0 bridgehead atoms. The van der Waals surface area contributed by atoms with Crippen molar-refractivity contribution >= 4 is 0 Å². The second-order valence-electron chi connectivity index (χ2n) is 1.89. The Morgan fingerprint density at radius 1 is 1.73 bits per heavy atom. The molecule has 0 rings (SSSR count). The van der Waals surface area contributed by atoms with Crippen LogP contribution in [0.25, 0.3) is 0 Å². The van der Waals surface area contributed by atoms with Crippen LogP contribution in [0.2, 0.25) is 0 Å². The molecule has 1 unspecified atom stereocenters. The first kappa shape index (κ1) is 10.2. The Hall–Kier alpha value is -0.760. The molecule has 0 aliphatic rings. The van der Waals surface area contributed by atoms with Crippen molar-refractivity contribution in [1.29, 1.82) is 0 Å². The van der Waals surface area contributed by atoms with E-state index in [4.69, 9.17) is 16.0 Å². The van der Waals surface area contributed by atoms with E-state index < -0.39 is 11.1 Å². The lowest BCUT2D eigenvalue weighted by atomic mass is 10.5. The first-order valence-corrected chi connectivity index (χ1v) is 3.03. The first-order valence-electron chi connectivity index (χ1n) is 3.03. The summed E-state index contributed by atoms with van der Waals surface area (Å²) in [5.74, 6) is 0. The molecular formula is C4H11N3O4. The molecule has 0 heterocycles. The monoisotopic (exact) mass is 165 g/mol. The first-order chi connectivity index (χ1) is 5.13. The topological polar surface area (TPSA) is 113 Å². The van der Waals surface area contributed by atoms with Gasteiger partial charge in [-0.25, -0.2) is 0 Å². The minimum Gasteiger partial charge on any atom is -0.395 e. The molecule has 7 nitrogen and oxygen atoms in total. The van der Waals surface area contributed by atoms with Crippen molar-refractivity contribution in [1.82, 2.24) is 5.06 Å². The fraction of sp³-hybridized carbons (Fsp3) is 1.00. The van der Waals surface area contributed by atoms with E-state index in [0.29, 0.717) is 5.06 Å². The van der Waals surface area contributed by atoms with E-state index >= 15 is 0 Å². The molecule has 4 N–H and O–H groups in total. The molecule has 0 fully saturated rings. The van der Waals surface area contributed by atoms with Crippen molar-refractivity contribution in [3.8, 4) is 0 Å². The lowest BCUT2D eigenvalue weighted by Gasteiger charge is -2.15. The summed E-state index contributed by atoms with van der Waals surface area (Å²) >= 11 is 0. The lowest BCUT2D eigenvalue weighted by molar-refractivity contribution is -0.569. The third-order valence-electron chi connectivity index (χ3n) is 1.13. The van der Waals surface area contributed by atoms with Gasteiger partial charge in [0.15, 0.2) is 0 Å². The van der Waals surface area contributed by atoms with Gasteiger partial charge in [0.05, 0.1) is 19.7 Å². The molecular weight excluding hydrogens is 154 g/mol. The van der Waals surface area contributed by atoms with Crippen LogP contribution in [0.3, 0.4) is 0 Å². The number of nitro groups is 1. The summed E-state index contributed by atoms with van der Waals surface area (Å²) in [7, 11) is 0. The fourth-order valence-electron chi connectivity index (χ4n) is 0.568. The summed E-state index contributed by atoms with van der Waals surface area (Å²) in [6, 6.07) is 0. The summed E-state index contributed by atoms with van der Waals surface area (Å²) in [6.07, 6.45) is -1.33. The van der Waals surface area contributed by atoms with Crippen molar-refractivity contribution in [2.45, 2.75) is 6.17 Å². The highest BCUT2D eigenvalue weighted by Gasteiger charge is 2.24. The molecule has 0 radical (unpaired) electrons. The normalized spacial score (nSPS) is 13.5. The zero-order valence-electron chi connectivity index (χ0n) is 5.88. The smallest absolute Gasteiger partial charge is 0.301 e. The number of nitrogens with two attached hydrogens (primary N) is 1. The van der Waals surface area contributed by atoms with Crippen LogP contribution in [0.5, 0.6) is 0 Å². The molecule has 0 saturated heterocycles. The summed E-state index contributed by atoms with van der Waals surface area (Å²) in [6.45, 7) is -0.812. The lowest BCUT2D eigenvalue weighted by Crippen LogP contribution is -2.45. The van der Waals surface area contributed by atoms with Gasteiger partial charge < -0.3 is 16.0 Å². The van der Waals surface area contributed by atoms with Gasteiger partial charge in [0.1, 0.15) is 0 Å². The predicted molar refractivity (Wildman–Crippen MR) is 35.4 cm³/mol. The number of nitrogens with zero attached hydrogens (tertiary/aromatic N) is 2. The molecule has 0 aromatic rings. The highest BCUT2D eigenvalue weighted by molar-refractivity contribution is 4.52. The van der Waals surface area contributed by atoms with Crippen LogP contribution in [-0.4, -0.2) is 46.2 Å². The van der Waals surface area contributed by atoms with E-state index in [9.17, 15) is 10.1 Å². The summed E-state index contributed by atoms with van der Waals surface area (Å²) in [4.78, 5) is 9.38. The Morgan fingerprint density at radius 2 is 2.27 bits per heavy atom. The average Bonchev–Trinajstić information content (AvgIpc) is 1.88. The van der Waals surface area contributed by atoms with Crippen LogP contribution >= 0.6 is 0 Å². The minimum atomic E-state index is -1.33. The fourth-order valence-corrected chi connectivity index (χ4v) is 0.568. The second kappa shape index (κ2) is 4.97. The predicted octanol–water partition coefficient (Wildman–Crippen LogP) is -1.77. The quantitative estimate of drug-likeness (QED) is 0.252. The van der Waals surface area contributed by atoms with E-state index in [-0.39, 0.29) is 19.7 Å². The van der Waals surface area contributed by atoms with Gasteiger partial charge in [-0.3, -0.25) is 10.1 Å². The minimum absolute atomic E-state index is 0.178. The van der Waals surface area contributed by atoms with Crippen LogP contribution in [-0.2, 0) is 0 Å². The average molecular weight is 165 g/mol. The van der Waals surface area contributed by atoms with Gasteiger partial charge in [-0.05, 0) is 0 Å². The van der Waals surface area contributed by atoms with Gasteiger partial charge in [-0.2, -0.15) is 0 Å². The molecule has 1 atom stereocenters. The number of hydroxylamine groups is 2. The number of aliphatic hydroxyl groups is 1. The summed E-state index contributed by atoms with van der Waals surface area (Å²) in [5, 5.41) is 27.6. The molecule has 0 aliphatic carbocycles. The standard InChI is InChI=1S/C4H11N3O4/c5-3-4(7(10)11)6(9)1-2-8/h4,8-9H,1-3,5H2. The Morgan fingerprint density at radius 3 is 2.55 bits per heavy atom. The number of aliphatic hydroxyl groups excluding tert-OH is 1. The third kappa shape index (κ3) is 3.23. The molecule has 0 spiro atoms. The molecule has 11 heavy (non-hydrogen) atoms. The summed E-state index contributed by atoms with van der Waals surface area (Å²) in [5.41, 5.74) is 4.98. The van der Waals surface area contributed by atoms with Gasteiger partial charge in [0.2, 0.25) is 0 Å². The summed E-state index contributed by atoms with van der Waals surface area (Å²) < 4.78 is 0.